The Kier molecular flexibility index (Phi) is 5.45. The highest BCUT2D eigenvalue weighted by molar-refractivity contribution is 4.70. The molecule has 1 aliphatic heterocycles. The van der Waals surface area contributed by atoms with Crippen LogP contribution in [0.4, 0.5) is 0 Å². The van der Waals surface area contributed by atoms with Gasteiger partial charge in [0, 0.05) is 20.2 Å². The Morgan fingerprint density at radius 1 is 1.57 bits per heavy atom. The Bertz CT molecular complexity index is 150. The average Bonchev–Trinajstić information content (AvgIpc) is 2.13. The normalized spacial score (nSPS) is 28.1. The molecule has 0 spiro atoms. The van der Waals surface area contributed by atoms with Crippen molar-refractivity contribution >= 4 is 0 Å². The SMILES string of the molecule is COC(C)CN1CCCNCC(C)C1. The summed E-state index contributed by atoms with van der Waals surface area (Å²) < 4.78 is 5.30. The Hall–Kier alpha value is -0.120. The Balaban J connectivity index is 2.32. The van der Waals surface area contributed by atoms with Crippen molar-refractivity contribution in [2.24, 2.45) is 5.92 Å². The first-order valence-corrected chi connectivity index (χ1v) is 5.68. The molecule has 1 N–H and O–H groups in total. The highest BCUT2D eigenvalue weighted by Crippen LogP contribution is 2.05. The zero-order chi connectivity index (χ0) is 10.4. The number of hydrogen-bond acceptors (Lipinski definition) is 3. The fraction of sp³-hybridized carbons (Fsp3) is 1.00. The molecule has 84 valence electrons. The lowest BCUT2D eigenvalue weighted by molar-refractivity contribution is 0.0691. The van der Waals surface area contributed by atoms with Gasteiger partial charge in [-0.15, -0.1) is 0 Å². The fourth-order valence-corrected chi connectivity index (χ4v) is 1.98. The first-order valence-electron chi connectivity index (χ1n) is 5.68. The molecule has 2 unspecified atom stereocenters. The molecule has 0 bridgehead atoms. The summed E-state index contributed by atoms with van der Waals surface area (Å²) >= 11 is 0. The van der Waals surface area contributed by atoms with Crippen molar-refractivity contribution in [1.29, 1.82) is 0 Å². The second kappa shape index (κ2) is 6.38. The van der Waals surface area contributed by atoms with Crippen molar-refractivity contribution in [2.75, 3.05) is 39.8 Å². The maximum Gasteiger partial charge on any atom is 0.0670 e. The Morgan fingerprint density at radius 2 is 2.36 bits per heavy atom. The van der Waals surface area contributed by atoms with E-state index in [0.717, 1.165) is 25.6 Å². The van der Waals surface area contributed by atoms with E-state index in [0.29, 0.717) is 6.10 Å². The monoisotopic (exact) mass is 200 g/mol. The van der Waals surface area contributed by atoms with Crippen molar-refractivity contribution in [2.45, 2.75) is 26.4 Å². The summed E-state index contributed by atoms with van der Waals surface area (Å²) in [6, 6.07) is 0. The molecule has 1 aliphatic rings. The molecule has 0 aromatic heterocycles. The number of rotatable bonds is 3. The van der Waals surface area contributed by atoms with E-state index in [1.807, 2.05) is 0 Å². The van der Waals surface area contributed by atoms with Gasteiger partial charge in [-0.25, -0.2) is 0 Å². The highest BCUT2D eigenvalue weighted by Gasteiger charge is 2.14. The van der Waals surface area contributed by atoms with Crippen LogP contribution < -0.4 is 5.32 Å². The first kappa shape index (κ1) is 12.0. The van der Waals surface area contributed by atoms with Crippen molar-refractivity contribution < 1.29 is 4.74 Å². The summed E-state index contributed by atoms with van der Waals surface area (Å²) in [6.45, 7) is 10.2. The van der Waals surface area contributed by atoms with Crippen LogP contribution in [0.1, 0.15) is 20.3 Å². The van der Waals surface area contributed by atoms with Crippen LogP contribution in [0.5, 0.6) is 0 Å². The highest BCUT2D eigenvalue weighted by atomic mass is 16.5. The quantitative estimate of drug-likeness (QED) is 0.734. The van der Waals surface area contributed by atoms with Crippen LogP contribution in [0, 0.1) is 5.92 Å². The lowest BCUT2D eigenvalue weighted by atomic mass is 10.1. The topological polar surface area (TPSA) is 24.5 Å². The molecule has 1 fully saturated rings. The standard InChI is InChI=1S/C11H24N2O/c1-10-7-12-5-4-6-13(8-10)9-11(2)14-3/h10-12H,4-9H2,1-3H3. The lowest BCUT2D eigenvalue weighted by Crippen LogP contribution is -2.41. The van der Waals surface area contributed by atoms with Crippen LogP contribution in [0.15, 0.2) is 0 Å². The summed E-state index contributed by atoms with van der Waals surface area (Å²) in [6.07, 6.45) is 1.61. The molecule has 1 rings (SSSR count). The molecule has 3 nitrogen and oxygen atoms in total. The van der Waals surface area contributed by atoms with E-state index in [1.54, 1.807) is 7.11 Å². The summed E-state index contributed by atoms with van der Waals surface area (Å²) in [5, 5.41) is 3.47. The Labute approximate surface area is 87.8 Å². The second-order valence-corrected chi connectivity index (χ2v) is 4.47. The van der Waals surface area contributed by atoms with Gasteiger partial charge in [0.05, 0.1) is 6.10 Å². The van der Waals surface area contributed by atoms with Gasteiger partial charge < -0.3 is 15.0 Å². The van der Waals surface area contributed by atoms with E-state index in [9.17, 15) is 0 Å². The van der Waals surface area contributed by atoms with Crippen LogP contribution in [0.2, 0.25) is 0 Å². The van der Waals surface area contributed by atoms with Crippen LogP contribution in [-0.2, 0) is 4.74 Å². The van der Waals surface area contributed by atoms with Gasteiger partial charge in [-0.1, -0.05) is 6.92 Å². The minimum atomic E-state index is 0.356. The molecule has 2 atom stereocenters. The second-order valence-electron chi connectivity index (χ2n) is 4.47. The van der Waals surface area contributed by atoms with Crippen molar-refractivity contribution in [1.82, 2.24) is 10.2 Å². The minimum Gasteiger partial charge on any atom is -0.380 e. The summed E-state index contributed by atoms with van der Waals surface area (Å²) in [5.74, 6) is 0.749. The molecule has 1 saturated heterocycles. The molecule has 0 aliphatic carbocycles. The lowest BCUT2D eigenvalue weighted by Gasteiger charge is -2.30. The van der Waals surface area contributed by atoms with Crippen LogP contribution >= 0.6 is 0 Å². The van der Waals surface area contributed by atoms with Gasteiger partial charge in [0.15, 0.2) is 0 Å². The molecule has 0 saturated carbocycles. The number of hydrogen-bond donors (Lipinski definition) is 1. The molecule has 1 heterocycles. The third kappa shape index (κ3) is 4.40. The molecule has 0 aromatic carbocycles. The van der Waals surface area contributed by atoms with Crippen molar-refractivity contribution in [3.63, 3.8) is 0 Å². The molecule has 0 aromatic rings. The molecule has 3 heteroatoms. The number of ether oxygens (including phenoxy) is 1. The van der Waals surface area contributed by atoms with E-state index in [4.69, 9.17) is 4.74 Å². The molecular weight excluding hydrogens is 176 g/mol. The summed E-state index contributed by atoms with van der Waals surface area (Å²) in [4.78, 5) is 2.53. The van der Waals surface area contributed by atoms with Gasteiger partial charge in [0.2, 0.25) is 0 Å². The van der Waals surface area contributed by atoms with Crippen molar-refractivity contribution in [3.05, 3.63) is 0 Å². The third-order valence-electron chi connectivity index (χ3n) is 2.81. The molecule has 14 heavy (non-hydrogen) atoms. The zero-order valence-electron chi connectivity index (χ0n) is 9.75. The zero-order valence-corrected chi connectivity index (χ0v) is 9.75. The molecule has 0 amide bonds. The van der Waals surface area contributed by atoms with Gasteiger partial charge in [0.25, 0.3) is 0 Å². The number of nitrogens with one attached hydrogen (secondary N) is 1. The van der Waals surface area contributed by atoms with E-state index in [2.05, 4.69) is 24.1 Å². The van der Waals surface area contributed by atoms with Gasteiger partial charge in [-0.05, 0) is 38.9 Å². The largest absolute Gasteiger partial charge is 0.380 e. The number of nitrogens with zero attached hydrogens (tertiary/aromatic N) is 1. The van der Waals surface area contributed by atoms with Crippen molar-refractivity contribution in [3.8, 4) is 0 Å². The fourth-order valence-electron chi connectivity index (χ4n) is 1.98. The van der Waals surface area contributed by atoms with Gasteiger partial charge >= 0.3 is 0 Å². The Morgan fingerprint density at radius 3 is 3.07 bits per heavy atom. The predicted octanol–water partition coefficient (Wildman–Crippen LogP) is 0.953. The van der Waals surface area contributed by atoms with Gasteiger partial charge in [-0.3, -0.25) is 0 Å². The molecular formula is C11H24N2O. The van der Waals surface area contributed by atoms with Crippen LogP contribution in [0.25, 0.3) is 0 Å². The molecule has 0 radical (unpaired) electrons. The predicted molar refractivity (Wildman–Crippen MR) is 59.6 cm³/mol. The van der Waals surface area contributed by atoms with Crippen LogP contribution in [0.3, 0.4) is 0 Å². The maximum atomic E-state index is 5.30. The van der Waals surface area contributed by atoms with Gasteiger partial charge in [0.1, 0.15) is 0 Å². The third-order valence-corrected chi connectivity index (χ3v) is 2.81. The summed E-state index contributed by atoms with van der Waals surface area (Å²) in [7, 11) is 1.79. The first-order chi connectivity index (χ1) is 6.72. The van der Waals surface area contributed by atoms with Crippen LogP contribution in [-0.4, -0.2) is 50.8 Å². The van der Waals surface area contributed by atoms with E-state index >= 15 is 0 Å². The van der Waals surface area contributed by atoms with Gasteiger partial charge in [-0.2, -0.15) is 0 Å². The minimum absolute atomic E-state index is 0.356. The summed E-state index contributed by atoms with van der Waals surface area (Å²) in [5.41, 5.74) is 0. The maximum absolute atomic E-state index is 5.30. The average molecular weight is 200 g/mol. The number of methoxy groups -OCH3 is 1. The van der Waals surface area contributed by atoms with E-state index < -0.39 is 0 Å². The van der Waals surface area contributed by atoms with E-state index in [1.165, 1.54) is 19.5 Å². The van der Waals surface area contributed by atoms with E-state index in [-0.39, 0.29) is 0 Å². The smallest absolute Gasteiger partial charge is 0.0670 e.